The second kappa shape index (κ2) is 11.7. The van der Waals surface area contributed by atoms with Crippen molar-refractivity contribution in [1.29, 1.82) is 0 Å². The molecular weight excluding hydrogens is 521 g/mol. The summed E-state index contributed by atoms with van der Waals surface area (Å²) in [6.07, 6.45) is 2.97. The highest BCUT2D eigenvalue weighted by Gasteiger charge is 2.44. The van der Waals surface area contributed by atoms with E-state index in [0.29, 0.717) is 35.1 Å². The van der Waals surface area contributed by atoms with Crippen LogP contribution < -0.4 is 10.6 Å². The van der Waals surface area contributed by atoms with Gasteiger partial charge in [0.05, 0.1) is 0 Å². The number of rotatable bonds is 6. The number of benzene rings is 2. The molecule has 2 N–H and O–H groups in total. The van der Waals surface area contributed by atoms with Crippen molar-refractivity contribution in [2.24, 2.45) is 5.41 Å². The maximum atomic E-state index is 13.2. The first-order valence-corrected chi connectivity index (χ1v) is 14.1. The Morgan fingerprint density at radius 2 is 1.74 bits per heavy atom. The van der Waals surface area contributed by atoms with Crippen LogP contribution in [0.4, 0.5) is 0 Å². The summed E-state index contributed by atoms with van der Waals surface area (Å²) < 4.78 is 0. The standard InChI is InChI=1S/C30H37Cl2N3O3/c1-18(2)33-29(38)30(4)13-11-24(26(16-30)20-5-8-22(31)9-6-20)25-10-7-21(15-27(25)32)28(37)35-14-12-23(17-35)34-19(3)36/h5-10,15,18,23-24,26H,11-14,16-17H2,1-4H3,(H,33,38)(H,34,36)/t23?,24-,26-,30+/m0/s1. The van der Waals surface area contributed by atoms with Crippen LogP contribution in [0.3, 0.4) is 0 Å². The van der Waals surface area contributed by atoms with Crippen molar-refractivity contribution in [3.05, 3.63) is 69.2 Å². The van der Waals surface area contributed by atoms with Crippen LogP contribution in [0.5, 0.6) is 0 Å². The lowest BCUT2D eigenvalue weighted by Gasteiger charge is -2.43. The Hall–Kier alpha value is -2.57. The lowest BCUT2D eigenvalue weighted by Crippen LogP contribution is -2.45. The van der Waals surface area contributed by atoms with Crippen molar-refractivity contribution in [2.75, 3.05) is 13.1 Å². The van der Waals surface area contributed by atoms with Crippen LogP contribution in [0, 0.1) is 5.41 Å². The maximum absolute atomic E-state index is 13.2. The van der Waals surface area contributed by atoms with E-state index in [9.17, 15) is 14.4 Å². The number of nitrogens with one attached hydrogen (secondary N) is 2. The fourth-order valence-electron chi connectivity index (χ4n) is 5.97. The zero-order valence-electron chi connectivity index (χ0n) is 22.5. The Morgan fingerprint density at radius 1 is 1.03 bits per heavy atom. The van der Waals surface area contributed by atoms with Crippen LogP contribution in [0.25, 0.3) is 0 Å². The molecule has 1 saturated heterocycles. The Labute approximate surface area is 235 Å². The number of amides is 3. The van der Waals surface area contributed by atoms with Gasteiger partial charge in [-0.3, -0.25) is 14.4 Å². The molecule has 4 rings (SSSR count). The molecule has 0 bridgehead atoms. The van der Waals surface area contributed by atoms with E-state index in [0.717, 1.165) is 30.4 Å². The number of hydrogen-bond donors (Lipinski definition) is 2. The largest absolute Gasteiger partial charge is 0.353 e. The monoisotopic (exact) mass is 557 g/mol. The van der Waals surface area contributed by atoms with Gasteiger partial charge in [-0.1, -0.05) is 48.3 Å². The van der Waals surface area contributed by atoms with Crippen molar-refractivity contribution in [3.8, 4) is 0 Å². The van der Waals surface area contributed by atoms with Crippen LogP contribution in [-0.2, 0) is 9.59 Å². The number of carbonyl (C=O) groups excluding carboxylic acids is 3. The topological polar surface area (TPSA) is 78.5 Å². The van der Waals surface area contributed by atoms with Gasteiger partial charge in [-0.25, -0.2) is 0 Å². The molecule has 1 unspecified atom stereocenters. The van der Waals surface area contributed by atoms with Crippen LogP contribution in [0.2, 0.25) is 10.0 Å². The van der Waals surface area contributed by atoms with Crippen molar-refractivity contribution < 1.29 is 14.4 Å². The van der Waals surface area contributed by atoms with Gasteiger partial charge in [0.1, 0.15) is 0 Å². The van der Waals surface area contributed by atoms with E-state index in [1.54, 1.807) is 11.0 Å². The van der Waals surface area contributed by atoms with Crippen LogP contribution >= 0.6 is 23.2 Å². The molecule has 204 valence electrons. The zero-order valence-corrected chi connectivity index (χ0v) is 24.0. The van der Waals surface area contributed by atoms with Gasteiger partial charge >= 0.3 is 0 Å². The van der Waals surface area contributed by atoms with Crippen molar-refractivity contribution in [2.45, 2.75) is 77.3 Å². The van der Waals surface area contributed by atoms with E-state index in [-0.39, 0.29) is 41.6 Å². The predicted molar refractivity (Wildman–Crippen MR) is 152 cm³/mol. The minimum Gasteiger partial charge on any atom is -0.353 e. The second-order valence-corrected chi connectivity index (χ2v) is 12.2. The molecule has 38 heavy (non-hydrogen) atoms. The predicted octanol–water partition coefficient (Wildman–Crippen LogP) is 5.93. The molecule has 1 saturated carbocycles. The first-order valence-electron chi connectivity index (χ1n) is 13.4. The molecule has 0 aromatic heterocycles. The van der Waals surface area contributed by atoms with Crippen molar-refractivity contribution in [1.82, 2.24) is 15.5 Å². The molecular formula is C30H37Cl2N3O3. The average Bonchev–Trinajstić information content (AvgIpc) is 3.31. The van der Waals surface area contributed by atoms with E-state index in [1.165, 1.54) is 6.92 Å². The van der Waals surface area contributed by atoms with E-state index in [2.05, 4.69) is 17.6 Å². The molecule has 3 amide bonds. The molecule has 1 aliphatic carbocycles. The number of hydrogen-bond acceptors (Lipinski definition) is 3. The minimum atomic E-state index is -0.492. The van der Waals surface area contributed by atoms with E-state index >= 15 is 0 Å². The highest BCUT2D eigenvalue weighted by atomic mass is 35.5. The smallest absolute Gasteiger partial charge is 0.253 e. The lowest BCUT2D eigenvalue weighted by molar-refractivity contribution is -0.133. The fourth-order valence-corrected chi connectivity index (χ4v) is 6.42. The Kier molecular flexibility index (Phi) is 8.73. The first-order chi connectivity index (χ1) is 18.0. The summed E-state index contributed by atoms with van der Waals surface area (Å²) in [5, 5.41) is 7.24. The maximum Gasteiger partial charge on any atom is 0.253 e. The summed E-state index contributed by atoms with van der Waals surface area (Å²) in [5.74, 6) is 0.0862. The Bertz CT molecular complexity index is 1200. The van der Waals surface area contributed by atoms with E-state index in [1.807, 2.05) is 50.2 Å². The summed E-state index contributed by atoms with van der Waals surface area (Å²) >= 11 is 13.0. The van der Waals surface area contributed by atoms with Gasteiger partial charge in [0, 0.05) is 53.1 Å². The molecule has 6 nitrogen and oxygen atoms in total. The van der Waals surface area contributed by atoms with Crippen LogP contribution in [-0.4, -0.2) is 47.8 Å². The first kappa shape index (κ1) is 28.4. The second-order valence-electron chi connectivity index (χ2n) is 11.4. The van der Waals surface area contributed by atoms with Gasteiger partial charge < -0.3 is 15.5 Å². The van der Waals surface area contributed by atoms with Crippen LogP contribution in [0.15, 0.2) is 42.5 Å². The third-order valence-corrected chi connectivity index (χ3v) is 8.54. The molecule has 2 fully saturated rings. The quantitative estimate of drug-likeness (QED) is 0.462. The Balaban J connectivity index is 1.58. The summed E-state index contributed by atoms with van der Waals surface area (Å²) in [6, 6.07) is 13.5. The van der Waals surface area contributed by atoms with Gasteiger partial charge in [-0.2, -0.15) is 0 Å². The minimum absolute atomic E-state index is 0.0178. The number of carbonyl (C=O) groups is 3. The molecule has 1 aliphatic heterocycles. The molecule has 2 aromatic carbocycles. The summed E-state index contributed by atoms with van der Waals surface area (Å²) in [7, 11) is 0. The van der Waals surface area contributed by atoms with Gasteiger partial charge in [-0.15, -0.1) is 0 Å². The molecule has 2 aliphatic rings. The molecule has 4 atom stereocenters. The normalized spacial score (nSPS) is 25.3. The highest BCUT2D eigenvalue weighted by molar-refractivity contribution is 6.32. The highest BCUT2D eigenvalue weighted by Crippen LogP contribution is 2.52. The SMILES string of the molecule is CC(=O)NC1CCN(C(=O)c2ccc([C@@H]3CC[C@@](C)(C(=O)NC(C)C)C[C@H]3c3ccc(Cl)cc3)c(Cl)c2)C1. The molecule has 8 heteroatoms. The third-order valence-electron chi connectivity index (χ3n) is 7.96. The summed E-state index contributed by atoms with van der Waals surface area (Å²) in [6.45, 7) is 8.60. The fraction of sp³-hybridized carbons (Fsp3) is 0.500. The van der Waals surface area contributed by atoms with Gasteiger partial charge in [0.2, 0.25) is 11.8 Å². The molecule has 0 radical (unpaired) electrons. The van der Waals surface area contributed by atoms with Crippen molar-refractivity contribution in [3.63, 3.8) is 0 Å². The lowest BCUT2D eigenvalue weighted by atomic mass is 9.62. The van der Waals surface area contributed by atoms with Gasteiger partial charge in [0.15, 0.2) is 0 Å². The summed E-state index contributed by atoms with van der Waals surface area (Å²) in [5.41, 5.74) is 2.17. The Morgan fingerprint density at radius 3 is 2.37 bits per heavy atom. The molecule has 2 aromatic rings. The number of nitrogens with zero attached hydrogens (tertiary/aromatic N) is 1. The third kappa shape index (κ3) is 6.35. The van der Waals surface area contributed by atoms with Gasteiger partial charge in [-0.05, 0) is 86.8 Å². The summed E-state index contributed by atoms with van der Waals surface area (Å²) in [4.78, 5) is 39.5. The average molecular weight is 559 g/mol. The van der Waals surface area contributed by atoms with E-state index < -0.39 is 5.41 Å². The molecule has 0 spiro atoms. The number of likely N-dealkylation sites (tertiary alicyclic amines) is 1. The van der Waals surface area contributed by atoms with Gasteiger partial charge in [0.25, 0.3) is 5.91 Å². The van der Waals surface area contributed by atoms with Crippen molar-refractivity contribution >= 4 is 40.9 Å². The zero-order chi connectivity index (χ0) is 27.6. The molecule has 1 heterocycles. The van der Waals surface area contributed by atoms with Crippen LogP contribution in [0.1, 0.15) is 86.7 Å². The van der Waals surface area contributed by atoms with E-state index in [4.69, 9.17) is 23.2 Å². The number of halogens is 2.